The van der Waals surface area contributed by atoms with E-state index in [-0.39, 0.29) is 17.2 Å². The quantitative estimate of drug-likeness (QED) is 0.388. The Kier molecular flexibility index (Phi) is 8.60. The first-order valence-corrected chi connectivity index (χ1v) is 9.66. The first-order chi connectivity index (χ1) is 11.7. The van der Waals surface area contributed by atoms with Gasteiger partial charge in [-0.2, -0.15) is 0 Å². The Balaban J connectivity index is 2.14. The van der Waals surface area contributed by atoms with Gasteiger partial charge in [0.05, 0.1) is 17.4 Å². The Morgan fingerprint density at radius 2 is 1.64 bits per heavy atom. The number of hydrogen-bond donors (Lipinski definition) is 1. The molecule has 0 amide bonds. The van der Waals surface area contributed by atoms with Crippen molar-refractivity contribution in [3.8, 4) is 0 Å². The highest BCUT2D eigenvalue weighted by atomic mass is 16.5. The maximum absolute atomic E-state index is 12.0. The van der Waals surface area contributed by atoms with Crippen molar-refractivity contribution < 1.29 is 24.2 Å². The molecule has 0 aromatic carbocycles. The lowest BCUT2D eigenvalue weighted by molar-refractivity contribution is -0.161. The monoisotopic (exact) mass is 354 g/mol. The van der Waals surface area contributed by atoms with Crippen molar-refractivity contribution in [2.45, 2.75) is 91.4 Å². The number of rotatable bonds is 13. The predicted molar refractivity (Wildman–Crippen MR) is 96.3 cm³/mol. The van der Waals surface area contributed by atoms with Crippen molar-refractivity contribution in [2.24, 2.45) is 10.8 Å². The smallest absolute Gasteiger partial charge is 0.312 e. The number of carbonyl (C=O) groups excluding carboxylic acids is 2. The third-order valence-electron chi connectivity index (χ3n) is 5.47. The molecule has 1 rings (SSSR count). The van der Waals surface area contributed by atoms with Crippen LogP contribution in [0.3, 0.4) is 0 Å². The van der Waals surface area contributed by atoms with Crippen LogP contribution in [-0.2, 0) is 19.1 Å². The van der Waals surface area contributed by atoms with Crippen molar-refractivity contribution in [1.29, 1.82) is 0 Å². The van der Waals surface area contributed by atoms with E-state index in [1.807, 2.05) is 6.92 Å². The van der Waals surface area contributed by atoms with Crippen LogP contribution >= 0.6 is 0 Å². The molecule has 0 aromatic heterocycles. The van der Waals surface area contributed by atoms with Crippen LogP contribution in [0.2, 0.25) is 0 Å². The van der Waals surface area contributed by atoms with Crippen LogP contribution < -0.4 is 0 Å². The lowest BCUT2D eigenvalue weighted by atomic mass is 9.66. The van der Waals surface area contributed by atoms with Crippen molar-refractivity contribution in [3.05, 3.63) is 0 Å². The van der Waals surface area contributed by atoms with Gasteiger partial charge < -0.3 is 9.84 Å². The van der Waals surface area contributed by atoms with Crippen LogP contribution in [0, 0.1) is 10.8 Å². The van der Waals surface area contributed by atoms with Gasteiger partial charge in [-0.1, -0.05) is 19.3 Å². The highest BCUT2D eigenvalue weighted by molar-refractivity contribution is 5.78. The summed E-state index contributed by atoms with van der Waals surface area (Å²) in [6, 6.07) is 0. The zero-order chi connectivity index (χ0) is 18.9. The highest BCUT2D eigenvalue weighted by Gasteiger charge is 2.44. The molecule has 25 heavy (non-hydrogen) atoms. The van der Waals surface area contributed by atoms with Crippen molar-refractivity contribution >= 4 is 17.7 Å². The molecular weight excluding hydrogens is 320 g/mol. The number of hydrogen-bond acceptors (Lipinski definition) is 4. The first kappa shape index (κ1) is 21.7. The minimum absolute atomic E-state index is 0.0615. The molecule has 1 aliphatic rings. The van der Waals surface area contributed by atoms with Crippen LogP contribution in [0.25, 0.3) is 0 Å². The largest absolute Gasteiger partial charge is 0.481 e. The van der Waals surface area contributed by atoms with E-state index in [9.17, 15) is 14.4 Å². The first-order valence-electron chi connectivity index (χ1n) is 9.66. The lowest BCUT2D eigenvalue weighted by Gasteiger charge is -2.39. The Labute approximate surface area is 151 Å². The fourth-order valence-electron chi connectivity index (χ4n) is 3.35. The number of Topliss-reactive ketones (excluding diaryl/α,β-unsaturated/α-hetero) is 1. The molecule has 144 valence electrons. The number of carbonyl (C=O) groups is 3. The summed E-state index contributed by atoms with van der Waals surface area (Å²) in [5.41, 5.74) is -0.991. The topological polar surface area (TPSA) is 80.7 Å². The van der Waals surface area contributed by atoms with Crippen molar-refractivity contribution in [1.82, 2.24) is 0 Å². The average Bonchev–Trinajstić information content (AvgIpc) is 2.50. The van der Waals surface area contributed by atoms with Gasteiger partial charge in [-0.05, 0) is 59.3 Å². The summed E-state index contributed by atoms with van der Waals surface area (Å²) in [4.78, 5) is 35.0. The molecule has 0 bridgehead atoms. The third kappa shape index (κ3) is 6.79. The van der Waals surface area contributed by atoms with Gasteiger partial charge >= 0.3 is 11.9 Å². The molecule has 0 spiro atoms. The van der Waals surface area contributed by atoms with Gasteiger partial charge in [0, 0.05) is 12.8 Å². The maximum Gasteiger partial charge on any atom is 0.312 e. The fraction of sp³-hybridized carbons (Fsp3) is 0.850. The van der Waals surface area contributed by atoms with Gasteiger partial charge in [0.15, 0.2) is 0 Å². The molecule has 0 atom stereocenters. The van der Waals surface area contributed by atoms with E-state index in [1.165, 1.54) is 0 Å². The van der Waals surface area contributed by atoms with Crippen molar-refractivity contribution in [2.75, 3.05) is 6.61 Å². The lowest BCUT2D eigenvalue weighted by Crippen LogP contribution is -2.39. The van der Waals surface area contributed by atoms with Crippen LogP contribution in [0.4, 0.5) is 0 Å². The second-order valence-corrected chi connectivity index (χ2v) is 8.00. The molecule has 5 nitrogen and oxygen atoms in total. The summed E-state index contributed by atoms with van der Waals surface area (Å²) in [6.07, 6.45) is 8.64. The van der Waals surface area contributed by atoms with Crippen LogP contribution in [0.5, 0.6) is 0 Å². The summed E-state index contributed by atoms with van der Waals surface area (Å²) in [7, 11) is 0. The summed E-state index contributed by atoms with van der Waals surface area (Å²) < 4.78 is 5.19. The minimum Gasteiger partial charge on any atom is -0.481 e. The second-order valence-electron chi connectivity index (χ2n) is 8.00. The molecule has 0 saturated heterocycles. The van der Waals surface area contributed by atoms with Crippen LogP contribution in [0.15, 0.2) is 0 Å². The normalized spacial score (nSPS) is 16.1. The van der Waals surface area contributed by atoms with Gasteiger partial charge in [0.1, 0.15) is 5.78 Å². The van der Waals surface area contributed by atoms with Crippen LogP contribution in [-0.4, -0.2) is 29.4 Å². The molecule has 1 aliphatic carbocycles. The zero-order valence-electron chi connectivity index (χ0n) is 16.1. The Morgan fingerprint density at radius 1 is 1.04 bits per heavy atom. The summed E-state index contributed by atoms with van der Waals surface area (Å²) in [5, 5.41) is 9.06. The number of aliphatic carboxylic acids is 1. The Morgan fingerprint density at radius 3 is 2.12 bits per heavy atom. The SMILES string of the molecule is CCOC(=O)C1(CCCCC(=O)CCCCC(C)(C)C(=O)O)CCC1. The van der Waals surface area contributed by atoms with E-state index < -0.39 is 11.4 Å². The van der Waals surface area contributed by atoms with E-state index in [2.05, 4.69) is 0 Å². The Hall–Kier alpha value is -1.39. The fourth-order valence-corrected chi connectivity index (χ4v) is 3.35. The third-order valence-corrected chi connectivity index (χ3v) is 5.47. The molecule has 1 saturated carbocycles. The molecule has 0 radical (unpaired) electrons. The van der Waals surface area contributed by atoms with Gasteiger partial charge in [-0.3, -0.25) is 14.4 Å². The summed E-state index contributed by atoms with van der Waals surface area (Å²) >= 11 is 0. The van der Waals surface area contributed by atoms with Crippen LogP contribution in [0.1, 0.15) is 91.4 Å². The van der Waals surface area contributed by atoms with E-state index in [0.717, 1.165) is 51.4 Å². The minimum atomic E-state index is -0.787. The maximum atomic E-state index is 12.0. The molecule has 1 N–H and O–H groups in total. The number of carboxylic acid groups (broad SMARTS) is 1. The number of carboxylic acids is 1. The number of unbranched alkanes of at least 4 members (excludes halogenated alkanes) is 2. The number of esters is 1. The molecule has 0 unspecified atom stereocenters. The number of ketones is 1. The average molecular weight is 354 g/mol. The predicted octanol–water partition coefficient (Wildman–Crippen LogP) is 4.52. The van der Waals surface area contributed by atoms with Gasteiger partial charge in [-0.15, -0.1) is 0 Å². The standard InChI is InChI=1S/C20H34O5/c1-4-25-18(24)20(14-9-15-20)13-8-6-11-16(21)10-5-7-12-19(2,3)17(22)23/h4-15H2,1-3H3,(H,22,23). The van der Waals surface area contributed by atoms with E-state index in [4.69, 9.17) is 9.84 Å². The molecule has 0 aliphatic heterocycles. The summed E-state index contributed by atoms with van der Waals surface area (Å²) in [6.45, 7) is 5.70. The zero-order valence-corrected chi connectivity index (χ0v) is 16.1. The van der Waals surface area contributed by atoms with E-state index in [1.54, 1.807) is 13.8 Å². The number of ether oxygens (including phenoxy) is 1. The van der Waals surface area contributed by atoms with Gasteiger partial charge in [-0.25, -0.2) is 0 Å². The van der Waals surface area contributed by atoms with E-state index in [0.29, 0.717) is 25.9 Å². The molecule has 0 aromatic rings. The van der Waals surface area contributed by atoms with E-state index >= 15 is 0 Å². The van der Waals surface area contributed by atoms with Gasteiger partial charge in [0.2, 0.25) is 0 Å². The molecule has 0 heterocycles. The highest BCUT2D eigenvalue weighted by Crippen LogP contribution is 2.46. The Bertz CT molecular complexity index is 463. The molecule has 5 heteroatoms. The molecular formula is C20H34O5. The van der Waals surface area contributed by atoms with Crippen molar-refractivity contribution in [3.63, 3.8) is 0 Å². The summed E-state index contributed by atoms with van der Waals surface area (Å²) in [5.74, 6) is -0.606. The van der Waals surface area contributed by atoms with Gasteiger partial charge in [0.25, 0.3) is 0 Å². The molecule has 1 fully saturated rings. The second kappa shape index (κ2) is 9.93.